The summed E-state index contributed by atoms with van der Waals surface area (Å²) in [5.41, 5.74) is 3.69. The van der Waals surface area contributed by atoms with Crippen LogP contribution >= 0.6 is 0 Å². The van der Waals surface area contributed by atoms with Gasteiger partial charge >= 0.3 is 5.69 Å². The van der Waals surface area contributed by atoms with Gasteiger partial charge < -0.3 is 29.6 Å². The number of nitrogens with one attached hydrogen (secondary N) is 2. The van der Waals surface area contributed by atoms with E-state index in [2.05, 4.69) is 38.2 Å². The number of amides is 1. The lowest BCUT2D eigenvalue weighted by atomic mass is 9.93. The zero-order chi connectivity index (χ0) is 30.0. The van der Waals surface area contributed by atoms with Gasteiger partial charge in [-0.05, 0) is 71.1 Å². The molecule has 2 aliphatic heterocycles. The number of hydrogen-bond donors (Lipinski definition) is 2. The first-order chi connectivity index (χ1) is 20.0. The fraction of sp³-hybridized carbons (Fsp3) is 0.419. The van der Waals surface area contributed by atoms with Crippen LogP contribution in [0.3, 0.4) is 0 Å². The summed E-state index contributed by atoms with van der Waals surface area (Å²) in [4.78, 5) is 48.5. The van der Waals surface area contributed by atoms with Crippen LogP contribution in [0.15, 0.2) is 35.6 Å². The summed E-state index contributed by atoms with van der Waals surface area (Å²) >= 11 is 0. The SMILES string of the molecule is C=CC(=O)N1C[C@H](C)N(c2nc(N3CC(N(C)C)C3)nc3c(F)c(-c4c(C)ccc5[nH]c(=O)[nH]c45)c(C)cc23)C[C@H]1C. The molecule has 2 atom stereocenters. The van der Waals surface area contributed by atoms with Crippen molar-refractivity contribution in [3.8, 4) is 11.1 Å². The van der Waals surface area contributed by atoms with E-state index in [1.807, 2.05) is 58.0 Å². The number of imidazole rings is 1. The van der Waals surface area contributed by atoms with Gasteiger partial charge in [0.05, 0.1) is 11.0 Å². The van der Waals surface area contributed by atoms with Gasteiger partial charge in [-0.2, -0.15) is 4.98 Å². The number of piperazine rings is 1. The van der Waals surface area contributed by atoms with Gasteiger partial charge in [-0.25, -0.2) is 14.2 Å². The van der Waals surface area contributed by atoms with Crippen LogP contribution in [0.25, 0.3) is 33.1 Å². The van der Waals surface area contributed by atoms with Gasteiger partial charge in [-0.1, -0.05) is 12.6 Å². The first kappa shape index (κ1) is 27.9. The Bertz CT molecular complexity index is 1790. The molecule has 42 heavy (non-hydrogen) atoms. The number of aromatic amines is 2. The highest BCUT2D eigenvalue weighted by molar-refractivity contribution is 6.01. The highest BCUT2D eigenvalue weighted by atomic mass is 19.1. The summed E-state index contributed by atoms with van der Waals surface area (Å²) in [5, 5.41) is 0.622. The first-order valence-electron chi connectivity index (χ1n) is 14.3. The van der Waals surface area contributed by atoms with Crippen LogP contribution in [-0.2, 0) is 4.79 Å². The normalized spacial score (nSPS) is 19.7. The van der Waals surface area contributed by atoms with Gasteiger partial charge in [0.15, 0.2) is 5.82 Å². The molecule has 2 fully saturated rings. The Labute approximate surface area is 243 Å². The van der Waals surface area contributed by atoms with E-state index in [4.69, 9.17) is 9.97 Å². The maximum atomic E-state index is 16.9. The lowest BCUT2D eigenvalue weighted by molar-refractivity contribution is -0.128. The summed E-state index contributed by atoms with van der Waals surface area (Å²) < 4.78 is 16.9. The van der Waals surface area contributed by atoms with Crippen molar-refractivity contribution in [3.63, 3.8) is 0 Å². The van der Waals surface area contributed by atoms with Crippen LogP contribution in [0.1, 0.15) is 25.0 Å². The first-order valence-corrected chi connectivity index (χ1v) is 14.3. The lowest BCUT2D eigenvalue weighted by Crippen LogP contribution is -2.59. The van der Waals surface area contributed by atoms with Crippen molar-refractivity contribution in [2.75, 3.05) is 50.1 Å². The standard InChI is InChI=1S/C31H37FN8O2/c1-8-23(41)39-12-19(5)40(13-18(39)4)29-21-11-17(3)24(25-16(2)9-10-22-28(25)35-31(42)33-22)26(32)27(21)34-30(36-29)38-14-20(15-38)37(6)7/h8-11,18-20H,1,12-15H2,2-7H3,(H2,33,35,42)/t18-,19+/m1/s1. The molecule has 10 nitrogen and oxygen atoms in total. The molecule has 0 spiro atoms. The highest BCUT2D eigenvalue weighted by Crippen LogP contribution is 2.40. The van der Waals surface area contributed by atoms with Gasteiger partial charge in [-0.15, -0.1) is 0 Å². The molecule has 4 aromatic rings. The molecule has 11 heteroatoms. The number of nitrogens with zero attached hydrogens (tertiary/aromatic N) is 6. The quantitative estimate of drug-likeness (QED) is 0.352. The fourth-order valence-corrected chi connectivity index (χ4v) is 6.32. The number of aromatic nitrogens is 4. The molecule has 0 aliphatic carbocycles. The Kier molecular flexibility index (Phi) is 6.80. The van der Waals surface area contributed by atoms with Crippen molar-refractivity contribution in [3.05, 3.63) is 58.3 Å². The van der Waals surface area contributed by atoms with E-state index in [9.17, 15) is 9.59 Å². The van der Waals surface area contributed by atoms with Gasteiger partial charge in [0.2, 0.25) is 11.9 Å². The second-order valence-corrected chi connectivity index (χ2v) is 12.0. The fourth-order valence-electron chi connectivity index (χ4n) is 6.32. The van der Waals surface area contributed by atoms with E-state index in [1.54, 1.807) is 0 Å². The summed E-state index contributed by atoms with van der Waals surface area (Å²) in [5.74, 6) is 0.598. The van der Waals surface area contributed by atoms with Crippen molar-refractivity contribution in [2.45, 2.75) is 45.8 Å². The van der Waals surface area contributed by atoms with Crippen LogP contribution in [-0.4, -0.2) is 94.0 Å². The van der Waals surface area contributed by atoms with E-state index in [0.29, 0.717) is 64.0 Å². The number of carbonyl (C=O) groups is 1. The van der Waals surface area contributed by atoms with E-state index < -0.39 is 5.82 Å². The van der Waals surface area contributed by atoms with Gasteiger partial charge in [-0.3, -0.25) is 4.79 Å². The van der Waals surface area contributed by atoms with Gasteiger partial charge in [0.1, 0.15) is 11.3 Å². The van der Waals surface area contributed by atoms with Crippen LogP contribution < -0.4 is 15.5 Å². The molecule has 0 unspecified atom stereocenters. The summed E-state index contributed by atoms with van der Waals surface area (Å²) in [6.07, 6.45) is 1.35. The van der Waals surface area contributed by atoms with Crippen molar-refractivity contribution in [1.82, 2.24) is 29.7 Å². The molecular formula is C31H37FN8O2. The minimum absolute atomic E-state index is 0.0640. The number of likely N-dealkylation sites (N-methyl/N-ethyl adjacent to an activating group) is 1. The average molecular weight is 573 g/mol. The molecule has 1 amide bonds. The molecule has 0 radical (unpaired) electrons. The van der Waals surface area contributed by atoms with E-state index in [0.717, 1.165) is 18.7 Å². The molecule has 2 N–H and O–H groups in total. The second kappa shape index (κ2) is 10.2. The summed E-state index contributed by atoms with van der Waals surface area (Å²) in [7, 11) is 4.09. The predicted octanol–water partition coefficient (Wildman–Crippen LogP) is 3.58. The predicted molar refractivity (Wildman–Crippen MR) is 165 cm³/mol. The largest absolute Gasteiger partial charge is 0.349 e. The zero-order valence-corrected chi connectivity index (χ0v) is 25.0. The molecule has 2 saturated heterocycles. The van der Waals surface area contributed by atoms with Crippen LogP contribution in [0.2, 0.25) is 0 Å². The number of anilines is 2. The zero-order valence-electron chi connectivity index (χ0n) is 25.0. The number of benzene rings is 2. The second-order valence-electron chi connectivity index (χ2n) is 12.0. The van der Waals surface area contributed by atoms with Gasteiger partial charge in [0.25, 0.3) is 0 Å². The lowest BCUT2D eigenvalue weighted by Gasteiger charge is -2.45. The molecular weight excluding hydrogens is 535 g/mol. The third-order valence-corrected chi connectivity index (χ3v) is 8.84. The number of carbonyl (C=O) groups excluding carboxylic acids is 1. The Hall–Kier alpha value is -4.25. The van der Waals surface area contributed by atoms with Crippen LogP contribution in [0.4, 0.5) is 16.2 Å². The number of halogens is 1. The number of H-pyrrole nitrogens is 2. The maximum Gasteiger partial charge on any atom is 0.323 e. The van der Waals surface area contributed by atoms with Crippen molar-refractivity contribution in [1.29, 1.82) is 0 Å². The Morgan fingerprint density at radius 3 is 2.48 bits per heavy atom. The maximum absolute atomic E-state index is 16.9. The van der Waals surface area contributed by atoms with Crippen molar-refractivity contribution >= 4 is 39.6 Å². The van der Waals surface area contributed by atoms with E-state index in [-0.39, 0.29) is 29.2 Å². The smallest absolute Gasteiger partial charge is 0.323 e. The summed E-state index contributed by atoms with van der Waals surface area (Å²) in [6, 6.07) is 5.88. The molecule has 6 rings (SSSR count). The molecule has 4 heterocycles. The summed E-state index contributed by atoms with van der Waals surface area (Å²) in [6.45, 7) is 14.0. The molecule has 2 aromatic heterocycles. The number of aryl methyl sites for hydroxylation is 2. The topological polar surface area (TPSA) is 104 Å². The number of hydrogen-bond acceptors (Lipinski definition) is 7. The molecule has 2 aromatic carbocycles. The van der Waals surface area contributed by atoms with Crippen molar-refractivity contribution in [2.24, 2.45) is 0 Å². The number of fused-ring (bicyclic) bond motifs is 2. The average Bonchev–Trinajstić information content (AvgIpc) is 3.29. The van der Waals surface area contributed by atoms with Crippen molar-refractivity contribution < 1.29 is 9.18 Å². The van der Waals surface area contributed by atoms with E-state index in [1.165, 1.54) is 6.08 Å². The Balaban J connectivity index is 1.55. The Morgan fingerprint density at radius 2 is 1.79 bits per heavy atom. The highest BCUT2D eigenvalue weighted by Gasteiger charge is 2.36. The molecule has 2 aliphatic rings. The van der Waals surface area contributed by atoms with Crippen LogP contribution in [0, 0.1) is 19.7 Å². The van der Waals surface area contributed by atoms with E-state index >= 15 is 4.39 Å². The van der Waals surface area contributed by atoms with Gasteiger partial charge in [0, 0.05) is 60.8 Å². The van der Waals surface area contributed by atoms with Crippen LogP contribution in [0.5, 0.6) is 0 Å². The molecule has 220 valence electrons. The Morgan fingerprint density at radius 1 is 1.05 bits per heavy atom. The number of rotatable bonds is 5. The molecule has 0 saturated carbocycles. The molecule has 0 bridgehead atoms. The third kappa shape index (κ3) is 4.43. The third-order valence-electron chi connectivity index (χ3n) is 8.84. The monoisotopic (exact) mass is 572 g/mol. The minimum atomic E-state index is -0.446. The minimum Gasteiger partial charge on any atom is -0.349 e.